The summed E-state index contributed by atoms with van der Waals surface area (Å²) in [6.45, 7) is 1.80. The van der Waals surface area contributed by atoms with Gasteiger partial charge in [-0.25, -0.2) is 4.39 Å². The van der Waals surface area contributed by atoms with Crippen LogP contribution in [0.3, 0.4) is 0 Å². The first kappa shape index (κ1) is 15.6. The molecule has 128 valence electrons. The van der Waals surface area contributed by atoms with E-state index >= 15 is 0 Å². The molecule has 1 heterocycles. The number of amides is 1. The van der Waals surface area contributed by atoms with Gasteiger partial charge in [0.25, 0.3) is 5.91 Å². The fraction of sp³-hybridized carbons (Fsp3) is 0.526. The number of rotatable bonds is 2. The first-order valence-corrected chi connectivity index (χ1v) is 8.78. The number of carbonyl (C=O) groups excluding carboxylic acids is 1. The van der Waals surface area contributed by atoms with Gasteiger partial charge in [-0.3, -0.25) is 4.79 Å². The van der Waals surface area contributed by atoms with Gasteiger partial charge in [0.05, 0.1) is 0 Å². The highest BCUT2D eigenvalue weighted by Gasteiger charge is 2.40. The summed E-state index contributed by atoms with van der Waals surface area (Å²) >= 11 is 0. The van der Waals surface area contributed by atoms with Crippen LogP contribution in [-0.4, -0.2) is 18.0 Å². The second-order valence-electron chi connectivity index (χ2n) is 7.38. The highest BCUT2D eigenvalue weighted by atomic mass is 19.1. The Morgan fingerprint density at radius 2 is 2.00 bits per heavy atom. The minimum absolute atomic E-state index is 0.176. The van der Waals surface area contributed by atoms with E-state index in [9.17, 15) is 9.18 Å². The molecule has 2 aliphatic rings. The highest BCUT2D eigenvalue weighted by molar-refractivity contribution is 5.99. The maximum absolute atomic E-state index is 13.4. The Hall–Kier alpha value is -1.88. The van der Waals surface area contributed by atoms with Crippen LogP contribution < -0.4 is 11.1 Å². The Balaban J connectivity index is 1.59. The second-order valence-corrected chi connectivity index (χ2v) is 7.38. The molecule has 1 amide bonds. The zero-order valence-corrected chi connectivity index (χ0v) is 13.8. The van der Waals surface area contributed by atoms with Crippen molar-refractivity contribution in [2.75, 3.05) is 0 Å². The van der Waals surface area contributed by atoms with Crippen molar-refractivity contribution in [2.45, 2.75) is 51.1 Å². The molecule has 4 rings (SSSR count). The van der Waals surface area contributed by atoms with Gasteiger partial charge in [-0.2, -0.15) is 0 Å². The van der Waals surface area contributed by atoms with E-state index in [1.54, 1.807) is 13.0 Å². The molecule has 2 atom stereocenters. The van der Waals surface area contributed by atoms with Crippen molar-refractivity contribution < 1.29 is 13.6 Å². The number of furan rings is 1. The minimum atomic E-state index is -0.325. The summed E-state index contributed by atoms with van der Waals surface area (Å²) in [6.07, 6.45) is 5.42. The summed E-state index contributed by atoms with van der Waals surface area (Å²) in [7, 11) is 0. The van der Waals surface area contributed by atoms with E-state index in [-0.39, 0.29) is 23.8 Å². The van der Waals surface area contributed by atoms with E-state index in [1.165, 1.54) is 18.6 Å². The molecule has 3 N–H and O–H groups in total. The fourth-order valence-electron chi connectivity index (χ4n) is 4.65. The van der Waals surface area contributed by atoms with Gasteiger partial charge in [0.15, 0.2) is 5.76 Å². The molecule has 2 aliphatic carbocycles. The molecule has 2 saturated carbocycles. The Morgan fingerprint density at radius 3 is 2.71 bits per heavy atom. The number of nitrogens with one attached hydrogen (secondary N) is 1. The van der Waals surface area contributed by atoms with Crippen molar-refractivity contribution in [1.29, 1.82) is 0 Å². The molecule has 0 saturated heterocycles. The molecule has 0 radical (unpaired) electrons. The van der Waals surface area contributed by atoms with Gasteiger partial charge >= 0.3 is 0 Å². The molecule has 0 aliphatic heterocycles. The fourth-order valence-corrected chi connectivity index (χ4v) is 4.65. The minimum Gasteiger partial charge on any atom is -0.451 e. The van der Waals surface area contributed by atoms with Gasteiger partial charge < -0.3 is 15.5 Å². The number of hydrogen-bond acceptors (Lipinski definition) is 3. The quantitative estimate of drug-likeness (QED) is 0.885. The van der Waals surface area contributed by atoms with Crippen LogP contribution in [0.15, 0.2) is 22.6 Å². The number of aryl methyl sites for hydroxylation is 1. The lowest BCUT2D eigenvalue weighted by molar-refractivity contribution is 0.0733. The largest absolute Gasteiger partial charge is 0.451 e. The van der Waals surface area contributed by atoms with Gasteiger partial charge in [0.1, 0.15) is 11.4 Å². The standard InChI is InChI=1S/C19H23FN2O2/c1-10-15-9-13(20)5-6-16(15)24-18(10)19(23)22-17-11-3-2-4-12(17)8-14(21)7-11/h5-6,9,11-12,14,17H,2-4,7-8,21H2,1H3,(H,22,23). The van der Waals surface area contributed by atoms with Crippen LogP contribution in [0.2, 0.25) is 0 Å². The summed E-state index contributed by atoms with van der Waals surface area (Å²) < 4.78 is 19.1. The van der Waals surface area contributed by atoms with Gasteiger partial charge in [-0.1, -0.05) is 6.42 Å². The lowest BCUT2D eigenvalue weighted by Gasteiger charge is -2.45. The van der Waals surface area contributed by atoms with Crippen molar-refractivity contribution in [2.24, 2.45) is 17.6 Å². The number of carbonyl (C=O) groups is 1. The lowest BCUT2D eigenvalue weighted by atomic mass is 9.67. The Kier molecular flexibility index (Phi) is 3.83. The molecule has 5 heteroatoms. The van der Waals surface area contributed by atoms with E-state index in [0.29, 0.717) is 34.1 Å². The smallest absolute Gasteiger partial charge is 0.287 e. The average Bonchev–Trinajstić information content (AvgIpc) is 2.85. The SMILES string of the molecule is Cc1c(C(=O)NC2C3CCCC2CC(N)C3)oc2ccc(F)cc12. The van der Waals surface area contributed by atoms with Crippen LogP contribution in [-0.2, 0) is 0 Å². The molecule has 24 heavy (non-hydrogen) atoms. The van der Waals surface area contributed by atoms with Crippen LogP contribution in [0.4, 0.5) is 4.39 Å². The van der Waals surface area contributed by atoms with Crippen LogP contribution in [0.25, 0.3) is 11.0 Å². The molecular weight excluding hydrogens is 307 g/mol. The van der Waals surface area contributed by atoms with Gasteiger partial charge in [-0.15, -0.1) is 0 Å². The average molecular weight is 330 g/mol. The highest BCUT2D eigenvalue weighted by Crippen LogP contribution is 2.40. The molecule has 0 spiro atoms. The van der Waals surface area contributed by atoms with Crippen molar-refractivity contribution in [3.05, 3.63) is 35.3 Å². The zero-order valence-electron chi connectivity index (χ0n) is 13.8. The Labute approximate surface area is 140 Å². The third-order valence-corrected chi connectivity index (χ3v) is 5.78. The number of hydrogen-bond donors (Lipinski definition) is 2. The zero-order chi connectivity index (χ0) is 16.8. The maximum Gasteiger partial charge on any atom is 0.287 e. The van der Waals surface area contributed by atoms with Crippen molar-refractivity contribution in [3.63, 3.8) is 0 Å². The van der Waals surface area contributed by atoms with E-state index in [4.69, 9.17) is 10.2 Å². The van der Waals surface area contributed by atoms with Crippen molar-refractivity contribution >= 4 is 16.9 Å². The Morgan fingerprint density at radius 1 is 1.29 bits per heavy atom. The summed E-state index contributed by atoms with van der Waals surface area (Å²) in [5, 5.41) is 3.85. The summed E-state index contributed by atoms with van der Waals surface area (Å²) in [6, 6.07) is 4.77. The third kappa shape index (κ3) is 2.61. The van der Waals surface area contributed by atoms with Crippen LogP contribution in [0, 0.1) is 24.6 Å². The predicted octanol–water partition coefficient (Wildman–Crippen LogP) is 3.52. The molecular formula is C19H23FN2O2. The topological polar surface area (TPSA) is 68.3 Å². The Bertz CT molecular complexity index is 771. The first-order valence-electron chi connectivity index (χ1n) is 8.78. The number of benzene rings is 1. The molecule has 1 aromatic carbocycles. The van der Waals surface area contributed by atoms with Crippen LogP contribution >= 0.6 is 0 Å². The molecule has 2 aromatic rings. The maximum atomic E-state index is 13.4. The summed E-state index contributed by atoms with van der Waals surface area (Å²) in [4.78, 5) is 12.8. The summed E-state index contributed by atoms with van der Waals surface area (Å²) in [5.74, 6) is 0.691. The number of halogens is 1. The van der Waals surface area contributed by atoms with E-state index in [0.717, 1.165) is 25.7 Å². The number of nitrogens with two attached hydrogens (primary N) is 1. The normalized spacial score (nSPS) is 29.6. The van der Waals surface area contributed by atoms with E-state index in [2.05, 4.69) is 5.32 Å². The molecule has 2 bridgehead atoms. The first-order chi connectivity index (χ1) is 11.5. The van der Waals surface area contributed by atoms with Crippen molar-refractivity contribution in [1.82, 2.24) is 5.32 Å². The lowest BCUT2D eigenvalue weighted by Crippen LogP contribution is -2.53. The van der Waals surface area contributed by atoms with Crippen LogP contribution in [0.1, 0.15) is 48.2 Å². The third-order valence-electron chi connectivity index (χ3n) is 5.78. The molecule has 4 nitrogen and oxygen atoms in total. The predicted molar refractivity (Wildman–Crippen MR) is 90.2 cm³/mol. The molecule has 2 fully saturated rings. The molecule has 1 aromatic heterocycles. The van der Waals surface area contributed by atoms with Gasteiger partial charge in [0, 0.05) is 23.0 Å². The van der Waals surface area contributed by atoms with E-state index in [1.807, 2.05) is 0 Å². The van der Waals surface area contributed by atoms with Gasteiger partial charge in [0.2, 0.25) is 0 Å². The molecule has 2 unspecified atom stereocenters. The second kappa shape index (κ2) is 5.88. The number of fused-ring (bicyclic) bond motifs is 3. The van der Waals surface area contributed by atoms with Crippen LogP contribution in [0.5, 0.6) is 0 Å². The van der Waals surface area contributed by atoms with Crippen molar-refractivity contribution in [3.8, 4) is 0 Å². The van der Waals surface area contributed by atoms with E-state index < -0.39 is 0 Å². The summed E-state index contributed by atoms with van der Waals surface area (Å²) in [5.41, 5.74) is 7.39. The monoisotopic (exact) mass is 330 g/mol. The van der Waals surface area contributed by atoms with Gasteiger partial charge in [-0.05, 0) is 62.6 Å².